The lowest BCUT2D eigenvalue weighted by atomic mass is 9.92. The zero-order valence-electron chi connectivity index (χ0n) is 11.4. The van der Waals surface area contributed by atoms with Gasteiger partial charge >= 0.3 is 0 Å². The third kappa shape index (κ3) is 3.11. The van der Waals surface area contributed by atoms with Gasteiger partial charge in [0.1, 0.15) is 5.69 Å². The van der Waals surface area contributed by atoms with E-state index in [1.54, 1.807) is 14.0 Å². The molecule has 0 saturated carbocycles. The van der Waals surface area contributed by atoms with E-state index in [1.807, 2.05) is 19.9 Å². The molecule has 0 aliphatic carbocycles. The first-order chi connectivity index (χ1) is 8.33. The topological polar surface area (TPSA) is 76.6 Å². The van der Waals surface area contributed by atoms with Crippen LogP contribution in [0.3, 0.4) is 0 Å². The van der Waals surface area contributed by atoms with Crippen molar-refractivity contribution < 1.29 is 15.0 Å². The highest BCUT2D eigenvalue weighted by Gasteiger charge is 2.27. The molecule has 0 unspecified atom stereocenters. The SMILES string of the molecule is Cc1cc(C)c(C(=O)N(C)CC(C)(CO)CO)[nH]1. The molecule has 1 amide bonds. The normalized spacial score (nSPS) is 11.7. The van der Waals surface area contributed by atoms with Crippen LogP contribution in [0.2, 0.25) is 0 Å². The maximum Gasteiger partial charge on any atom is 0.270 e. The molecule has 0 bridgehead atoms. The number of nitrogens with zero attached hydrogens (tertiary/aromatic N) is 1. The van der Waals surface area contributed by atoms with Gasteiger partial charge in [0, 0.05) is 24.7 Å². The van der Waals surface area contributed by atoms with Gasteiger partial charge in [-0.05, 0) is 25.5 Å². The molecular formula is C13H22N2O3. The monoisotopic (exact) mass is 254 g/mol. The number of aryl methyl sites for hydroxylation is 2. The summed E-state index contributed by atoms with van der Waals surface area (Å²) in [6.07, 6.45) is 0. The van der Waals surface area contributed by atoms with E-state index in [0.717, 1.165) is 11.3 Å². The van der Waals surface area contributed by atoms with Crippen molar-refractivity contribution in [1.29, 1.82) is 0 Å². The highest BCUT2D eigenvalue weighted by Crippen LogP contribution is 2.18. The number of aliphatic hydroxyl groups excluding tert-OH is 2. The van der Waals surface area contributed by atoms with Crippen molar-refractivity contribution >= 4 is 5.91 Å². The van der Waals surface area contributed by atoms with Crippen LogP contribution in [0.4, 0.5) is 0 Å². The molecule has 1 aromatic rings. The van der Waals surface area contributed by atoms with Crippen LogP contribution >= 0.6 is 0 Å². The summed E-state index contributed by atoms with van der Waals surface area (Å²) in [5, 5.41) is 18.5. The molecule has 5 heteroatoms. The van der Waals surface area contributed by atoms with E-state index >= 15 is 0 Å². The van der Waals surface area contributed by atoms with Crippen LogP contribution in [0.1, 0.15) is 28.7 Å². The number of aromatic nitrogens is 1. The molecule has 0 radical (unpaired) electrons. The quantitative estimate of drug-likeness (QED) is 0.723. The Labute approximate surface area is 107 Å². The van der Waals surface area contributed by atoms with Gasteiger partial charge in [-0.1, -0.05) is 6.92 Å². The number of hydrogen-bond donors (Lipinski definition) is 3. The first-order valence-corrected chi connectivity index (χ1v) is 5.96. The Morgan fingerprint density at radius 2 is 1.94 bits per heavy atom. The van der Waals surface area contributed by atoms with Gasteiger partial charge in [0.25, 0.3) is 5.91 Å². The number of aromatic amines is 1. The number of H-pyrrole nitrogens is 1. The molecule has 0 fully saturated rings. The van der Waals surface area contributed by atoms with Crippen LogP contribution in [0.25, 0.3) is 0 Å². The van der Waals surface area contributed by atoms with Crippen LogP contribution < -0.4 is 0 Å². The minimum absolute atomic E-state index is 0.131. The molecule has 1 aromatic heterocycles. The summed E-state index contributed by atoms with van der Waals surface area (Å²) in [5.74, 6) is -0.131. The molecule has 0 aliphatic rings. The maximum atomic E-state index is 12.2. The highest BCUT2D eigenvalue weighted by molar-refractivity contribution is 5.93. The summed E-state index contributed by atoms with van der Waals surface area (Å²) >= 11 is 0. The van der Waals surface area contributed by atoms with Gasteiger partial charge in [-0.25, -0.2) is 0 Å². The summed E-state index contributed by atoms with van der Waals surface area (Å²) in [6, 6.07) is 1.92. The van der Waals surface area contributed by atoms with E-state index in [2.05, 4.69) is 4.98 Å². The minimum Gasteiger partial charge on any atom is -0.396 e. The van der Waals surface area contributed by atoms with Crippen LogP contribution in [-0.2, 0) is 0 Å². The molecule has 0 saturated heterocycles. The molecular weight excluding hydrogens is 232 g/mol. The molecule has 0 atom stereocenters. The van der Waals surface area contributed by atoms with Gasteiger partial charge in [0.05, 0.1) is 13.2 Å². The molecule has 0 aliphatic heterocycles. The summed E-state index contributed by atoms with van der Waals surface area (Å²) in [7, 11) is 1.67. The van der Waals surface area contributed by atoms with Gasteiger partial charge < -0.3 is 20.1 Å². The minimum atomic E-state index is -0.681. The van der Waals surface area contributed by atoms with E-state index < -0.39 is 5.41 Å². The Balaban J connectivity index is 2.82. The molecule has 18 heavy (non-hydrogen) atoms. The lowest BCUT2D eigenvalue weighted by molar-refractivity contribution is 0.0363. The Morgan fingerprint density at radius 3 is 2.33 bits per heavy atom. The maximum absolute atomic E-state index is 12.2. The van der Waals surface area contributed by atoms with Crippen molar-refractivity contribution in [2.45, 2.75) is 20.8 Å². The van der Waals surface area contributed by atoms with Crippen molar-refractivity contribution in [3.63, 3.8) is 0 Å². The molecule has 0 aromatic carbocycles. The van der Waals surface area contributed by atoms with Gasteiger partial charge in [-0.15, -0.1) is 0 Å². The Bertz CT molecular complexity index is 422. The van der Waals surface area contributed by atoms with Gasteiger partial charge in [-0.2, -0.15) is 0 Å². The second kappa shape index (κ2) is 5.54. The highest BCUT2D eigenvalue weighted by atomic mass is 16.3. The van der Waals surface area contributed by atoms with E-state index in [4.69, 9.17) is 0 Å². The largest absolute Gasteiger partial charge is 0.396 e. The summed E-state index contributed by atoms with van der Waals surface area (Å²) in [4.78, 5) is 16.8. The van der Waals surface area contributed by atoms with Crippen LogP contribution in [0.5, 0.6) is 0 Å². The summed E-state index contributed by atoms with van der Waals surface area (Å²) < 4.78 is 0. The molecule has 3 N–H and O–H groups in total. The second-order valence-electron chi connectivity index (χ2n) is 5.30. The Kier molecular flexibility index (Phi) is 4.53. The summed E-state index contributed by atoms with van der Waals surface area (Å²) in [6.45, 7) is 5.49. The molecule has 102 valence electrons. The molecule has 1 rings (SSSR count). The van der Waals surface area contributed by atoms with Crippen molar-refractivity contribution in [2.24, 2.45) is 5.41 Å². The van der Waals surface area contributed by atoms with Gasteiger partial charge in [-0.3, -0.25) is 4.79 Å². The molecule has 1 heterocycles. The van der Waals surface area contributed by atoms with Crippen molar-refractivity contribution in [1.82, 2.24) is 9.88 Å². The van der Waals surface area contributed by atoms with E-state index in [9.17, 15) is 15.0 Å². The third-order valence-corrected chi connectivity index (χ3v) is 3.09. The zero-order chi connectivity index (χ0) is 13.9. The average Bonchev–Trinajstić information content (AvgIpc) is 2.67. The number of rotatable bonds is 5. The number of carbonyl (C=O) groups excluding carboxylic acids is 1. The number of nitrogens with one attached hydrogen (secondary N) is 1. The standard InChI is InChI=1S/C13H22N2O3/c1-9-5-10(2)14-11(9)12(18)15(4)6-13(3,7-16)8-17/h5,14,16-17H,6-8H2,1-4H3. The Morgan fingerprint density at radius 1 is 1.39 bits per heavy atom. The number of amides is 1. The van der Waals surface area contributed by atoms with E-state index in [1.165, 1.54) is 4.90 Å². The van der Waals surface area contributed by atoms with Crippen molar-refractivity contribution in [3.8, 4) is 0 Å². The first kappa shape index (κ1) is 14.7. The smallest absolute Gasteiger partial charge is 0.270 e. The Hall–Kier alpha value is -1.33. The zero-order valence-corrected chi connectivity index (χ0v) is 11.4. The number of carbonyl (C=O) groups is 1. The lowest BCUT2D eigenvalue weighted by Gasteiger charge is -2.30. The van der Waals surface area contributed by atoms with Gasteiger partial charge in [0.2, 0.25) is 0 Å². The molecule has 5 nitrogen and oxygen atoms in total. The first-order valence-electron chi connectivity index (χ1n) is 5.96. The van der Waals surface area contributed by atoms with Crippen LogP contribution in [0, 0.1) is 19.3 Å². The number of aliphatic hydroxyl groups is 2. The van der Waals surface area contributed by atoms with Crippen molar-refractivity contribution in [2.75, 3.05) is 26.8 Å². The van der Waals surface area contributed by atoms with E-state index in [-0.39, 0.29) is 19.1 Å². The van der Waals surface area contributed by atoms with Gasteiger partial charge in [0.15, 0.2) is 0 Å². The lowest BCUT2D eigenvalue weighted by Crippen LogP contribution is -2.41. The fraction of sp³-hybridized carbons (Fsp3) is 0.615. The predicted octanol–water partition coefficient (Wildman–Crippen LogP) is 0.694. The fourth-order valence-corrected chi connectivity index (χ4v) is 1.94. The third-order valence-electron chi connectivity index (χ3n) is 3.09. The number of hydrogen-bond acceptors (Lipinski definition) is 3. The predicted molar refractivity (Wildman–Crippen MR) is 69.5 cm³/mol. The van der Waals surface area contributed by atoms with Crippen LogP contribution in [0.15, 0.2) is 6.07 Å². The van der Waals surface area contributed by atoms with Crippen LogP contribution in [-0.4, -0.2) is 52.8 Å². The average molecular weight is 254 g/mol. The fourth-order valence-electron chi connectivity index (χ4n) is 1.94. The second-order valence-corrected chi connectivity index (χ2v) is 5.30. The summed E-state index contributed by atoms with van der Waals surface area (Å²) in [5.41, 5.74) is 1.73. The molecule has 0 spiro atoms. The van der Waals surface area contributed by atoms with E-state index in [0.29, 0.717) is 12.2 Å². The van der Waals surface area contributed by atoms with Crippen molar-refractivity contribution in [3.05, 3.63) is 23.0 Å².